The molecule has 0 spiro atoms. The first-order valence-electron chi connectivity index (χ1n) is 11.8. The average Bonchev–Trinajstić information content (AvgIpc) is 3.75. The van der Waals surface area contributed by atoms with Crippen LogP contribution in [0, 0.1) is 0 Å². The molecule has 1 saturated carbocycles. The molecular weight excluding hydrogens is 492 g/mol. The molecule has 1 fully saturated rings. The second kappa shape index (κ2) is 11.3. The lowest BCUT2D eigenvalue weighted by Gasteiger charge is -2.16. The maximum atomic E-state index is 5.49. The first kappa shape index (κ1) is 24.6. The lowest BCUT2D eigenvalue weighted by Crippen LogP contribution is -2.06. The zero-order chi connectivity index (χ0) is 24.9. The molecule has 0 bridgehead atoms. The van der Waals surface area contributed by atoms with Crippen LogP contribution in [0.5, 0.6) is 11.9 Å². The van der Waals surface area contributed by atoms with Crippen LogP contribution >= 0.6 is 23.9 Å². The number of nitrogens with one attached hydrogen (secondary N) is 3. The van der Waals surface area contributed by atoms with Gasteiger partial charge in [-0.25, -0.2) is 4.98 Å². The number of ether oxygens (including phenoxy) is 2. The number of aromatic nitrogens is 3. The summed E-state index contributed by atoms with van der Waals surface area (Å²) in [6.07, 6.45) is 6.07. The Labute approximate surface area is 219 Å². The van der Waals surface area contributed by atoms with E-state index in [1.54, 1.807) is 37.2 Å². The van der Waals surface area contributed by atoms with Gasteiger partial charge in [-0.1, -0.05) is 25.1 Å². The standard InChI is InChI=1S/C26H28N6O2S2/c1-4-29-35-19-7-5-6-18(13-19)30-24-20-11-8-16(21-14-28-26(34-3)31-25(21)33-2)12-22(20)27-15-23(24)36-32-17-9-10-17/h5-8,11-15,17,29,32H,4,9-10H2,1-3H3,(H,27,30). The van der Waals surface area contributed by atoms with Gasteiger partial charge >= 0.3 is 6.01 Å². The fraction of sp³-hybridized carbons (Fsp3) is 0.269. The molecule has 2 aromatic carbocycles. The van der Waals surface area contributed by atoms with Gasteiger partial charge in [0.2, 0.25) is 5.88 Å². The number of anilines is 2. The smallest absolute Gasteiger partial charge is 0.319 e. The lowest BCUT2D eigenvalue weighted by molar-refractivity contribution is 0.353. The zero-order valence-electron chi connectivity index (χ0n) is 20.4. The maximum Gasteiger partial charge on any atom is 0.319 e. The lowest BCUT2D eigenvalue weighted by atomic mass is 10.0. The largest absolute Gasteiger partial charge is 0.480 e. The van der Waals surface area contributed by atoms with Crippen LogP contribution in [0.25, 0.3) is 22.0 Å². The number of methoxy groups -OCH3 is 2. The summed E-state index contributed by atoms with van der Waals surface area (Å²) in [7, 11) is 3.12. The van der Waals surface area contributed by atoms with Gasteiger partial charge in [-0.15, -0.1) is 0 Å². The Hall–Kier alpha value is -3.05. The number of fused-ring (bicyclic) bond motifs is 1. The molecule has 0 aliphatic heterocycles. The van der Waals surface area contributed by atoms with Gasteiger partial charge in [0.25, 0.3) is 0 Å². The van der Waals surface area contributed by atoms with Crippen molar-refractivity contribution in [3.63, 3.8) is 0 Å². The van der Waals surface area contributed by atoms with E-state index < -0.39 is 0 Å². The highest BCUT2D eigenvalue weighted by molar-refractivity contribution is 7.97. The first-order valence-corrected chi connectivity index (χ1v) is 13.4. The van der Waals surface area contributed by atoms with Crippen LogP contribution in [0.1, 0.15) is 19.8 Å². The van der Waals surface area contributed by atoms with Gasteiger partial charge in [-0.2, -0.15) is 4.98 Å². The quantitative estimate of drug-likeness (QED) is 0.210. The number of rotatable bonds is 11. The van der Waals surface area contributed by atoms with Gasteiger partial charge in [-0.3, -0.25) is 14.4 Å². The number of benzene rings is 2. The van der Waals surface area contributed by atoms with E-state index in [9.17, 15) is 0 Å². The molecule has 5 rings (SSSR count). The number of pyridine rings is 1. The molecular formula is C26H28N6O2S2. The Morgan fingerprint density at radius 2 is 1.89 bits per heavy atom. The van der Waals surface area contributed by atoms with Crippen LogP contribution in [0.4, 0.5) is 11.4 Å². The summed E-state index contributed by atoms with van der Waals surface area (Å²) in [5.41, 5.74) is 4.60. The molecule has 186 valence electrons. The molecule has 0 atom stereocenters. The zero-order valence-corrected chi connectivity index (χ0v) is 22.0. The minimum Gasteiger partial charge on any atom is -0.480 e. The van der Waals surface area contributed by atoms with Crippen LogP contribution in [-0.4, -0.2) is 41.8 Å². The molecule has 3 N–H and O–H groups in total. The summed E-state index contributed by atoms with van der Waals surface area (Å²) in [4.78, 5) is 15.6. The third kappa shape index (κ3) is 5.67. The highest BCUT2D eigenvalue weighted by Gasteiger charge is 2.22. The van der Waals surface area contributed by atoms with Gasteiger partial charge < -0.3 is 14.8 Å². The fourth-order valence-corrected chi connectivity index (χ4v) is 5.18. The highest BCUT2D eigenvalue weighted by Crippen LogP contribution is 2.38. The molecule has 2 heterocycles. The Kier molecular flexibility index (Phi) is 7.76. The van der Waals surface area contributed by atoms with Crippen LogP contribution < -0.4 is 24.2 Å². The van der Waals surface area contributed by atoms with Crippen molar-refractivity contribution in [2.24, 2.45) is 0 Å². The van der Waals surface area contributed by atoms with Crippen molar-refractivity contribution in [3.8, 4) is 23.0 Å². The van der Waals surface area contributed by atoms with Crippen LogP contribution in [-0.2, 0) is 0 Å². The molecule has 1 aliphatic carbocycles. The summed E-state index contributed by atoms with van der Waals surface area (Å²) < 4.78 is 17.5. The minimum absolute atomic E-state index is 0.264. The van der Waals surface area contributed by atoms with Crippen molar-refractivity contribution in [2.75, 3.05) is 26.1 Å². The third-order valence-electron chi connectivity index (χ3n) is 5.60. The minimum atomic E-state index is 0.264. The first-order chi connectivity index (χ1) is 17.7. The second-order valence-electron chi connectivity index (χ2n) is 8.26. The molecule has 1 aliphatic rings. The molecule has 4 aromatic rings. The summed E-state index contributed by atoms with van der Waals surface area (Å²) in [5.74, 6) is 0.454. The number of nitrogens with zero attached hydrogens (tertiary/aromatic N) is 3. The Morgan fingerprint density at radius 1 is 1.00 bits per heavy atom. The summed E-state index contributed by atoms with van der Waals surface area (Å²) in [5, 5.41) is 4.69. The van der Waals surface area contributed by atoms with Crippen molar-refractivity contribution in [2.45, 2.75) is 35.6 Å². The molecule has 8 nitrogen and oxygen atoms in total. The van der Waals surface area contributed by atoms with Crippen molar-refractivity contribution in [3.05, 3.63) is 54.9 Å². The highest BCUT2D eigenvalue weighted by atomic mass is 32.2. The topological polar surface area (TPSA) is 93.2 Å². The molecule has 10 heteroatoms. The molecule has 2 aromatic heterocycles. The maximum absolute atomic E-state index is 5.49. The van der Waals surface area contributed by atoms with Crippen molar-refractivity contribution < 1.29 is 9.47 Å². The predicted octanol–water partition coefficient (Wildman–Crippen LogP) is 5.83. The van der Waals surface area contributed by atoms with Crippen molar-refractivity contribution in [1.82, 2.24) is 24.4 Å². The van der Waals surface area contributed by atoms with E-state index in [4.69, 9.17) is 14.5 Å². The fourth-order valence-electron chi connectivity index (χ4n) is 3.64. The predicted molar refractivity (Wildman–Crippen MR) is 147 cm³/mol. The van der Waals surface area contributed by atoms with Crippen LogP contribution in [0.2, 0.25) is 0 Å². The van der Waals surface area contributed by atoms with Crippen LogP contribution in [0.15, 0.2) is 64.6 Å². The average molecular weight is 521 g/mol. The van der Waals surface area contributed by atoms with Gasteiger partial charge in [0.15, 0.2) is 0 Å². The van der Waals surface area contributed by atoms with E-state index in [0.29, 0.717) is 11.9 Å². The van der Waals surface area contributed by atoms with E-state index in [1.165, 1.54) is 20.0 Å². The van der Waals surface area contributed by atoms with E-state index in [2.05, 4.69) is 62.0 Å². The summed E-state index contributed by atoms with van der Waals surface area (Å²) >= 11 is 3.26. The van der Waals surface area contributed by atoms with Gasteiger partial charge in [0.05, 0.1) is 35.9 Å². The molecule has 0 saturated heterocycles. The molecule has 0 unspecified atom stereocenters. The van der Waals surface area contributed by atoms with Gasteiger partial charge in [0.1, 0.15) is 0 Å². The van der Waals surface area contributed by atoms with E-state index in [0.717, 1.165) is 49.7 Å². The monoisotopic (exact) mass is 520 g/mol. The second-order valence-corrected chi connectivity index (χ2v) is 10.1. The number of hydrogen-bond donors (Lipinski definition) is 3. The Balaban J connectivity index is 1.53. The van der Waals surface area contributed by atoms with Crippen molar-refractivity contribution in [1.29, 1.82) is 0 Å². The van der Waals surface area contributed by atoms with Gasteiger partial charge in [0, 0.05) is 40.9 Å². The normalized spacial score (nSPS) is 13.1. The Morgan fingerprint density at radius 3 is 2.67 bits per heavy atom. The van der Waals surface area contributed by atoms with E-state index >= 15 is 0 Å². The van der Waals surface area contributed by atoms with Gasteiger partial charge in [-0.05, 0) is 66.6 Å². The number of hydrogen-bond acceptors (Lipinski definition) is 10. The summed E-state index contributed by atoms with van der Waals surface area (Å²) in [6.45, 7) is 2.99. The van der Waals surface area contributed by atoms with E-state index in [1.807, 2.05) is 18.3 Å². The summed E-state index contributed by atoms with van der Waals surface area (Å²) in [6, 6.07) is 15.4. The molecule has 36 heavy (non-hydrogen) atoms. The SMILES string of the molecule is CCNSc1cccc(Nc2c(SNC3CC3)cnc3cc(-c4cnc(OC)nc4OC)ccc23)c1. The third-order valence-corrected chi connectivity index (χ3v) is 7.51. The van der Waals surface area contributed by atoms with Crippen molar-refractivity contribution >= 4 is 46.2 Å². The van der Waals surface area contributed by atoms with E-state index in [-0.39, 0.29) is 6.01 Å². The Bertz CT molecular complexity index is 1370. The molecule has 0 radical (unpaired) electrons. The molecule has 0 amide bonds. The van der Waals surface area contributed by atoms with Crippen LogP contribution in [0.3, 0.4) is 0 Å².